The van der Waals surface area contributed by atoms with E-state index in [0.717, 1.165) is 26.2 Å². The monoisotopic (exact) mass is 420 g/mol. The number of nitrogens with zero attached hydrogens (tertiary/aromatic N) is 4. The molecule has 0 bridgehead atoms. The lowest BCUT2D eigenvalue weighted by Gasteiger charge is -2.09. The molecule has 0 aliphatic rings. The third-order valence-corrected chi connectivity index (χ3v) is 5.83. The number of anilines is 2. The molecule has 30 heavy (non-hydrogen) atoms. The fraction of sp³-hybridized carbons (Fsp3) is 0.190. The maximum atomic E-state index is 12.1. The summed E-state index contributed by atoms with van der Waals surface area (Å²) in [6, 6.07) is 9.65. The smallest absolute Gasteiger partial charge is 0.343 e. The number of aromatic nitrogens is 4. The van der Waals surface area contributed by atoms with Crippen LogP contribution in [0, 0.1) is 13.8 Å². The normalized spacial score (nSPS) is 11.0. The number of fused-ring (bicyclic) bond motifs is 1. The van der Waals surface area contributed by atoms with Gasteiger partial charge in [0.1, 0.15) is 22.0 Å². The van der Waals surface area contributed by atoms with Crippen molar-refractivity contribution in [2.24, 2.45) is 0 Å². The Morgan fingerprint density at radius 2 is 1.70 bits per heavy atom. The molecule has 0 saturated heterocycles. The van der Waals surface area contributed by atoms with Gasteiger partial charge in [0.2, 0.25) is 0 Å². The topological polar surface area (TPSA) is 130 Å². The van der Waals surface area contributed by atoms with Crippen LogP contribution in [0.2, 0.25) is 0 Å². The Balaban J connectivity index is 1.85. The summed E-state index contributed by atoms with van der Waals surface area (Å²) in [5, 5.41) is 0.768. The van der Waals surface area contributed by atoms with Crippen LogP contribution >= 0.6 is 11.3 Å². The molecule has 0 radical (unpaired) electrons. The number of rotatable bonds is 4. The summed E-state index contributed by atoms with van der Waals surface area (Å²) in [6.45, 7) is 5.60. The number of benzene rings is 1. The van der Waals surface area contributed by atoms with Crippen LogP contribution in [-0.4, -0.2) is 32.5 Å². The molecular formula is C21H20N6O2S. The van der Waals surface area contributed by atoms with Gasteiger partial charge in [0.05, 0.1) is 22.6 Å². The standard InChI is InChI=1S/C21H20N6O2S/c1-4-29-21(28)14-11(3)24-19(26-17(14)23)15-10(2)13-16(22)25-18(27-20(13)30-15)12-8-6-5-7-9-12/h5-9H,4H2,1-3H3,(H2,22,25,27)(H2,23,24,26). The maximum Gasteiger partial charge on any atom is 0.343 e. The number of aryl methyl sites for hydroxylation is 2. The van der Waals surface area contributed by atoms with E-state index in [1.54, 1.807) is 13.8 Å². The third-order valence-electron chi connectivity index (χ3n) is 4.65. The van der Waals surface area contributed by atoms with Crippen LogP contribution < -0.4 is 11.5 Å². The molecule has 152 valence electrons. The first-order valence-corrected chi connectivity index (χ1v) is 10.2. The summed E-state index contributed by atoms with van der Waals surface area (Å²) in [7, 11) is 0. The van der Waals surface area contributed by atoms with E-state index >= 15 is 0 Å². The predicted molar refractivity (Wildman–Crippen MR) is 118 cm³/mol. The van der Waals surface area contributed by atoms with Crippen LogP contribution in [0.3, 0.4) is 0 Å². The highest BCUT2D eigenvalue weighted by Gasteiger charge is 2.22. The van der Waals surface area contributed by atoms with Gasteiger partial charge in [0.15, 0.2) is 11.6 Å². The van der Waals surface area contributed by atoms with Crippen LogP contribution in [0.4, 0.5) is 11.6 Å². The summed E-state index contributed by atoms with van der Waals surface area (Å²) < 4.78 is 5.05. The average molecular weight is 420 g/mol. The first-order valence-electron chi connectivity index (χ1n) is 9.34. The van der Waals surface area contributed by atoms with Crippen molar-refractivity contribution in [3.63, 3.8) is 0 Å². The minimum absolute atomic E-state index is 0.0804. The van der Waals surface area contributed by atoms with Crippen molar-refractivity contribution in [3.05, 3.63) is 47.2 Å². The second-order valence-electron chi connectivity index (χ2n) is 6.65. The highest BCUT2D eigenvalue weighted by Crippen LogP contribution is 2.39. The molecule has 1 aromatic carbocycles. The lowest BCUT2D eigenvalue weighted by Crippen LogP contribution is -2.13. The summed E-state index contributed by atoms with van der Waals surface area (Å²) in [4.78, 5) is 31.7. The molecule has 0 amide bonds. The van der Waals surface area contributed by atoms with Crippen LogP contribution in [0.1, 0.15) is 28.5 Å². The van der Waals surface area contributed by atoms with Gasteiger partial charge in [-0.1, -0.05) is 30.3 Å². The molecule has 0 unspecified atom stereocenters. The zero-order valence-corrected chi connectivity index (χ0v) is 17.6. The molecule has 0 fully saturated rings. The van der Waals surface area contributed by atoms with Gasteiger partial charge in [0, 0.05) is 5.56 Å². The van der Waals surface area contributed by atoms with E-state index in [1.165, 1.54) is 11.3 Å². The molecule has 0 atom stereocenters. The van der Waals surface area contributed by atoms with E-state index in [0.29, 0.717) is 23.2 Å². The van der Waals surface area contributed by atoms with Gasteiger partial charge in [-0.05, 0) is 26.3 Å². The van der Waals surface area contributed by atoms with E-state index in [2.05, 4.69) is 15.0 Å². The predicted octanol–water partition coefficient (Wildman–Crippen LogP) is 3.77. The number of esters is 1. The zero-order valence-electron chi connectivity index (χ0n) is 16.8. The van der Waals surface area contributed by atoms with Crippen LogP contribution in [0.15, 0.2) is 30.3 Å². The van der Waals surface area contributed by atoms with Crippen LogP contribution in [-0.2, 0) is 4.74 Å². The number of hydrogen-bond donors (Lipinski definition) is 2. The molecule has 0 aliphatic heterocycles. The summed E-state index contributed by atoms with van der Waals surface area (Å²) >= 11 is 1.41. The highest BCUT2D eigenvalue weighted by molar-refractivity contribution is 7.22. The zero-order chi connectivity index (χ0) is 21.4. The number of ether oxygens (including phenoxy) is 1. The lowest BCUT2D eigenvalue weighted by molar-refractivity contribution is 0.0526. The van der Waals surface area contributed by atoms with E-state index in [-0.39, 0.29) is 18.0 Å². The number of hydrogen-bond acceptors (Lipinski definition) is 9. The second kappa shape index (κ2) is 7.68. The van der Waals surface area contributed by atoms with E-state index in [1.807, 2.05) is 37.3 Å². The fourth-order valence-electron chi connectivity index (χ4n) is 3.25. The molecule has 3 heterocycles. The third kappa shape index (κ3) is 3.33. The van der Waals surface area contributed by atoms with Crippen molar-refractivity contribution in [1.29, 1.82) is 0 Å². The molecule has 4 N–H and O–H groups in total. The molecule has 8 nitrogen and oxygen atoms in total. The van der Waals surface area contributed by atoms with Crippen molar-refractivity contribution in [2.75, 3.05) is 18.1 Å². The molecule has 4 aromatic rings. The molecule has 9 heteroatoms. The van der Waals surface area contributed by atoms with Gasteiger partial charge in [-0.25, -0.2) is 24.7 Å². The largest absolute Gasteiger partial charge is 0.462 e. The quantitative estimate of drug-likeness (QED) is 0.477. The summed E-state index contributed by atoms with van der Waals surface area (Å²) in [5.74, 6) is 0.917. The molecule has 4 rings (SSSR count). The number of thiophene rings is 1. The van der Waals surface area contributed by atoms with Gasteiger partial charge >= 0.3 is 5.97 Å². The van der Waals surface area contributed by atoms with E-state index in [4.69, 9.17) is 21.2 Å². The summed E-state index contributed by atoms with van der Waals surface area (Å²) in [6.07, 6.45) is 0. The van der Waals surface area contributed by atoms with Crippen molar-refractivity contribution in [2.45, 2.75) is 20.8 Å². The van der Waals surface area contributed by atoms with Crippen molar-refractivity contribution < 1.29 is 9.53 Å². The minimum atomic E-state index is -0.533. The molecule has 3 aromatic heterocycles. The second-order valence-corrected chi connectivity index (χ2v) is 7.65. The maximum absolute atomic E-state index is 12.1. The molecule has 0 aliphatic carbocycles. The van der Waals surface area contributed by atoms with Gasteiger partial charge < -0.3 is 16.2 Å². The van der Waals surface area contributed by atoms with Crippen molar-refractivity contribution in [3.8, 4) is 22.1 Å². The average Bonchev–Trinajstić information content (AvgIpc) is 3.05. The van der Waals surface area contributed by atoms with Crippen LogP contribution in [0.5, 0.6) is 0 Å². The first-order chi connectivity index (χ1) is 14.4. The molecule has 0 spiro atoms. The van der Waals surface area contributed by atoms with Crippen molar-refractivity contribution in [1.82, 2.24) is 19.9 Å². The molecular weight excluding hydrogens is 400 g/mol. The Bertz CT molecular complexity index is 1250. The molecule has 0 saturated carbocycles. The van der Waals surface area contributed by atoms with E-state index < -0.39 is 5.97 Å². The van der Waals surface area contributed by atoms with Gasteiger partial charge in [-0.3, -0.25) is 0 Å². The van der Waals surface area contributed by atoms with Crippen molar-refractivity contribution >= 4 is 39.2 Å². The van der Waals surface area contributed by atoms with Gasteiger partial charge in [-0.15, -0.1) is 11.3 Å². The lowest BCUT2D eigenvalue weighted by atomic mass is 10.1. The minimum Gasteiger partial charge on any atom is -0.462 e. The Morgan fingerprint density at radius 3 is 2.37 bits per heavy atom. The Morgan fingerprint density at radius 1 is 1.00 bits per heavy atom. The Labute approximate surface area is 177 Å². The summed E-state index contributed by atoms with van der Waals surface area (Å²) in [5.41, 5.74) is 14.7. The number of carbonyl (C=O) groups is 1. The number of carbonyl (C=O) groups excluding carboxylic acids is 1. The first kappa shape index (κ1) is 19.7. The SMILES string of the molecule is CCOC(=O)c1c(C)nc(-c2sc3nc(-c4ccccc4)nc(N)c3c2C)nc1N. The Hall–Kier alpha value is -3.59. The highest BCUT2D eigenvalue weighted by atomic mass is 32.1. The Kier molecular flexibility index (Phi) is 5.04. The van der Waals surface area contributed by atoms with E-state index in [9.17, 15) is 4.79 Å². The number of nitrogens with two attached hydrogens (primary N) is 2. The van der Waals surface area contributed by atoms with Crippen LogP contribution in [0.25, 0.3) is 32.3 Å². The van der Waals surface area contributed by atoms with Gasteiger partial charge in [-0.2, -0.15) is 0 Å². The number of nitrogen functional groups attached to an aromatic ring is 2. The van der Waals surface area contributed by atoms with Gasteiger partial charge in [0.25, 0.3) is 0 Å². The fourth-order valence-corrected chi connectivity index (χ4v) is 4.37.